The second-order valence-electron chi connectivity index (χ2n) is 7.69. The first-order valence-electron chi connectivity index (χ1n) is 9.01. The van der Waals surface area contributed by atoms with Gasteiger partial charge in [0.15, 0.2) is 0 Å². The third-order valence-electron chi connectivity index (χ3n) is 4.03. The number of hydrogen-bond acceptors (Lipinski definition) is 2. The van der Waals surface area contributed by atoms with Crippen molar-refractivity contribution in [2.45, 2.75) is 20.8 Å². The standard InChI is InChI=1S/C23H27O2P/c1-23(2,3)19-26(22-17-11-6-12-18-22,24-20-13-7-4-8-14-20)25-21-15-9-5-10-16-21/h4-18,26H,19H2,1-3H3. The maximum absolute atomic E-state index is 6.68. The van der Waals surface area contributed by atoms with Crippen LogP contribution in [0.3, 0.4) is 0 Å². The number of benzene rings is 3. The molecule has 0 unspecified atom stereocenters. The summed E-state index contributed by atoms with van der Waals surface area (Å²) in [5, 5.41) is 1.14. The molecule has 0 fully saturated rings. The predicted octanol–water partition coefficient (Wildman–Crippen LogP) is 6.10. The van der Waals surface area contributed by atoms with Crippen molar-refractivity contribution < 1.29 is 9.05 Å². The Labute approximate surface area is 157 Å². The second kappa shape index (κ2) is 7.93. The van der Waals surface area contributed by atoms with Crippen LogP contribution in [0.5, 0.6) is 11.5 Å². The molecule has 3 heteroatoms. The number of hydrogen-bond donors (Lipinski definition) is 0. The quantitative estimate of drug-likeness (QED) is 0.491. The molecule has 0 aliphatic rings. The molecule has 0 heterocycles. The Morgan fingerprint density at radius 1 is 0.615 bits per heavy atom. The Kier molecular flexibility index (Phi) is 5.64. The van der Waals surface area contributed by atoms with Crippen LogP contribution in [0.1, 0.15) is 20.8 Å². The Morgan fingerprint density at radius 2 is 1.00 bits per heavy atom. The van der Waals surface area contributed by atoms with E-state index in [0.29, 0.717) is 0 Å². The van der Waals surface area contributed by atoms with Crippen molar-refractivity contribution >= 4 is 13.0 Å². The molecule has 0 N–H and O–H groups in total. The van der Waals surface area contributed by atoms with Gasteiger partial charge < -0.3 is 0 Å². The first kappa shape index (κ1) is 18.5. The summed E-state index contributed by atoms with van der Waals surface area (Å²) in [5.41, 5.74) is 0.0611. The van der Waals surface area contributed by atoms with E-state index in [0.717, 1.165) is 23.0 Å². The van der Waals surface area contributed by atoms with Gasteiger partial charge in [-0.3, -0.25) is 0 Å². The van der Waals surface area contributed by atoms with Gasteiger partial charge in [-0.1, -0.05) is 0 Å². The van der Waals surface area contributed by atoms with Crippen molar-refractivity contribution in [3.8, 4) is 11.5 Å². The van der Waals surface area contributed by atoms with Crippen LogP contribution in [0.4, 0.5) is 0 Å². The molecule has 0 radical (unpaired) electrons. The summed E-state index contributed by atoms with van der Waals surface area (Å²) in [7, 11) is -2.79. The zero-order chi connectivity index (χ0) is 18.5. The van der Waals surface area contributed by atoms with Gasteiger partial charge in [-0.15, -0.1) is 0 Å². The zero-order valence-electron chi connectivity index (χ0n) is 15.7. The fraction of sp³-hybridized carbons (Fsp3) is 0.217. The van der Waals surface area contributed by atoms with E-state index in [1.54, 1.807) is 0 Å². The molecule has 2 nitrogen and oxygen atoms in total. The Hall–Kier alpha value is -2.31. The summed E-state index contributed by atoms with van der Waals surface area (Å²) in [5.74, 6) is 1.70. The molecule has 0 saturated carbocycles. The molecule has 0 aliphatic carbocycles. The molecule has 0 amide bonds. The van der Waals surface area contributed by atoms with Gasteiger partial charge in [0.2, 0.25) is 0 Å². The van der Waals surface area contributed by atoms with Crippen molar-refractivity contribution in [3.63, 3.8) is 0 Å². The van der Waals surface area contributed by atoms with Crippen LogP contribution in [0.25, 0.3) is 0 Å². The van der Waals surface area contributed by atoms with Crippen LogP contribution >= 0.6 is 7.72 Å². The SMILES string of the molecule is CC(C)(C)C[PH](Oc1ccccc1)(Oc1ccccc1)c1ccccc1. The second-order valence-corrected chi connectivity index (χ2v) is 10.5. The van der Waals surface area contributed by atoms with Gasteiger partial charge in [0, 0.05) is 0 Å². The first-order chi connectivity index (χ1) is 12.5. The summed E-state index contributed by atoms with van der Waals surface area (Å²) in [4.78, 5) is 0. The monoisotopic (exact) mass is 366 g/mol. The summed E-state index contributed by atoms with van der Waals surface area (Å²) in [6.07, 6.45) is 0.841. The minimum atomic E-state index is -2.79. The molecule has 0 saturated heterocycles. The Balaban J connectivity index is 2.09. The van der Waals surface area contributed by atoms with Crippen LogP contribution in [-0.2, 0) is 0 Å². The van der Waals surface area contributed by atoms with Gasteiger partial charge in [-0.25, -0.2) is 0 Å². The fourth-order valence-electron chi connectivity index (χ4n) is 3.06. The van der Waals surface area contributed by atoms with Crippen molar-refractivity contribution in [3.05, 3.63) is 91.0 Å². The zero-order valence-corrected chi connectivity index (χ0v) is 16.7. The molecule has 0 aromatic heterocycles. The number of rotatable bonds is 6. The molecule has 3 aromatic carbocycles. The first-order valence-corrected chi connectivity index (χ1v) is 11.0. The number of para-hydroxylation sites is 2. The minimum absolute atomic E-state index is 0.0611. The van der Waals surface area contributed by atoms with Gasteiger partial charge in [0.1, 0.15) is 0 Å². The topological polar surface area (TPSA) is 18.5 Å². The van der Waals surface area contributed by atoms with Crippen molar-refractivity contribution in [2.24, 2.45) is 5.41 Å². The summed E-state index contributed by atoms with van der Waals surface area (Å²) in [6.45, 7) is 6.71. The summed E-state index contributed by atoms with van der Waals surface area (Å²) < 4.78 is 13.4. The van der Waals surface area contributed by atoms with E-state index in [1.165, 1.54) is 0 Å². The van der Waals surface area contributed by atoms with E-state index in [1.807, 2.05) is 66.7 Å². The molecule has 3 aromatic rings. The molecule has 136 valence electrons. The predicted molar refractivity (Wildman–Crippen MR) is 113 cm³/mol. The van der Waals surface area contributed by atoms with Gasteiger partial charge >= 0.3 is 157 Å². The van der Waals surface area contributed by atoms with E-state index in [-0.39, 0.29) is 5.41 Å². The molecular weight excluding hydrogens is 339 g/mol. The average Bonchev–Trinajstić information content (AvgIpc) is 2.63. The van der Waals surface area contributed by atoms with Crippen molar-refractivity contribution in [2.75, 3.05) is 6.16 Å². The van der Waals surface area contributed by atoms with E-state index in [4.69, 9.17) is 9.05 Å². The molecular formula is C23H27O2P. The van der Waals surface area contributed by atoms with Gasteiger partial charge in [-0.2, -0.15) is 0 Å². The molecule has 0 atom stereocenters. The fourth-order valence-corrected chi connectivity index (χ4v) is 6.82. The molecule has 3 rings (SSSR count). The summed E-state index contributed by atoms with van der Waals surface area (Å²) >= 11 is 0. The van der Waals surface area contributed by atoms with Crippen LogP contribution in [-0.4, -0.2) is 6.16 Å². The van der Waals surface area contributed by atoms with E-state index in [9.17, 15) is 0 Å². The summed E-state index contributed by atoms with van der Waals surface area (Å²) in [6, 6.07) is 30.4. The normalized spacial score (nSPS) is 12.4. The van der Waals surface area contributed by atoms with Crippen molar-refractivity contribution in [1.29, 1.82) is 0 Å². The molecule has 26 heavy (non-hydrogen) atoms. The molecule has 0 aliphatic heterocycles. The van der Waals surface area contributed by atoms with Crippen LogP contribution in [0.2, 0.25) is 0 Å². The van der Waals surface area contributed by atoms with Crippen LogP contribution < -0.4 is 14.4 Å². The van der Waals surface area contributed by atoms with Gasteiger partial charge in [0.25, 0.3) is 0 Å². The third-order valence-corrected chi connectivity index (χ3v) is 7.90. The molecule has 0 spiro atoms. The Bertz CT molecular complexity index is 754. The molecule has 0 bridgehead atoms. The van der Waals surface area contributed by atoms with Crippen LogP contribution in [0.15, 0.2) is 91.0 Å². The maximum atomic E-state index is 6.68. The Morgan fingerprint density at radius 3 is 1.38 bits per heavy atom. The van der Waals surface area contributed by atoms with E-state index >= 15 is 0 Å². The van der Waals surface area contributed by atoms with E-state index < -0.39 is 7.72 Å². The average molecular weight is 366 g/mol. The van der Waals surface area contributed by atoms with Gasteiger partial charge in [-0.05, 0) is 0 Å². The third kappa shape index (κ3) is 4.86. The van der Waals surface area contributed by atoms with Crippen LogP contribution in [0, 0.1) is 5.41 Å². The van der Waals surface area contributed by atoms with Crippen molar-refractivity contribution in [1.82, 2.24) is 0 Å². The van der Waals surface area contributed by atoms with Gasteiger partial charge in [0.05, 0.1) is 0 Å². The van der Waals surface area contributed by atoms with E-state index in [2.05, 4.69) is 45.0 Å².